The third-order valence-corrected chi connectivity index (χ3v) is 4.23. The van der Waals surface area contributed by atoms with E-state index in [2.05, 4.69) is 15.3 Å². The monoisotopic (exact) mass is 420 g/mol. The maximum atomic E-state index is 11.2. The van der Waals surface area contributed by atoms with E-state index < -0.39 is 11.7 Å². The van der Waals surface area contributed by atoms with Gasteiger partial charge >= 0.3 is 6.09 Å². The summed E-state index contributed by atoms with van der Waals surface area (Å²) in [5.41, 5.74) is 5.80. The molecule has 156 valence electrons. The van der Waals surface area contributed by atoms with Crippen molar-refractivity contribution >= 4 is 29.4 Å². The van der Waals surface area contributed by atoms with Crippen LogP contribution >= 0.6 is 11.6 Å². The fourth-order valence-corrected chi connectivity index (χ4v) is 3.22. The summed E-state index contributed by atoms with van der Waals surface area (Å²) in [6.45, 7) is 7.39. The molecule has 1 aromatic heterocycles. The van der Waals surface area contributed by atoms with Crippen LogP contribution in [-0.2, 0) is 9.53 Å². The highest BCUT2D eigenvalue weighted by atomic mass is 35.5. The standard InChI is InChI=1S/C20H25ClN4O4/c1-12(9-20(3,4)29-19(22)27)10-28-17-6-5-14(7-15(17)21)16-8-18(24-11-23-16)25-13(2)26/h5-8,11-12H,9-10H2,1-4H3,(H2,22,27)(H,23,24,25,26)/t12-/m0/s1. The highest BCUT2D eigenvalue weighted by Gasteiger charge is 2.25. The zero-order valence-electron chi connectivity index (χ0n) is 16.9. The van der Waals surface area contributed by atoms with Gasteiger partial charge in [0.2, 0.25) is 5.91 Å². The predicted octanol–water partition coefficient (Wildman–Crippen LogP) is 4.03. The number of amides is 2. The Balaban J connectivity index is 2.03. The van der Waals surface area contributed by atoms with Gasteiger partial charge in [0.15, 0.2) is 0 Å². The van der Waals surface area contributed by atoms with Crippen LogP contribution in [0.2, 0.25) is 5.02 Å². The molecule has 2 aromatic rings. The molecular weight excluding hydrogens is 396 g/mol. The number of anilines is 1. The first-order valence-electron chi connectivity index (χ1n) is 9.06. The van der Waals surface area contributed by atoms with Crippen LogP contribution in [-0.4, -0.2) is 34.2 Å². The Morgan fingerprint density at radius 3 is 2.62 bits per heavy atom. The van der Waals surface area contributed by atoms with Gasteiger partial charge in [0.05, 0.1) is 17.3 Å². The predicted molar refractivity (Wildman–Crippen MR) is 111 cm³/mol. The van der Waals surface area contributed by atoms with Gasteiger partial charge in [0.25, 0.3) is 0 Å². The van der Waals surface area contributed by atoms with Gasteiger partial charge in [0, 0.05) is 18.6 Å². The molecule has 0 unspecified atom stereocenters. The molecule has 9 heteroatoms. The maximum Gasteiger partial charge on any atom is 0.405 e. The highest BCUT2D eigenvalue weighted by Crippen LogP contribution is 2.31. The molecule has 0 bridgehead atoms. The number of nitrogens with one attached hydrogen (secondary N) is 1. The second kappa shape index (κ2) is 9.56. The van der Waals surface area contributed by atoms with Crippen LogP contribution in [0, 0.1) is 5.92 Å². The molecule has 3 N–H and O–H groups in total. The molecule has 1 atom stereocenters. The first kappa shape index (κ1) is 22.4. The molecule has 0 saturated carbocycles. The molecule has 0 aliphatic heterocycles. The quantitative estimate of drug-likeness (QED) is 0.665. The largest absolute Gasteiger partial charge is 0.492 e. The average molecular weight is 421 g/mol. The van der Waals surface area contributed by atoms with Crippen molar-refractivity contribution in [2.24, 2.45) is 11.7 Å². The number of aromatic nitrogens is 2. The van der Waals surface area contributed by atoms with Crippen molar-refractivity contribution in [2.45, 2.75) is 39.7 Å². The molecule has 2 amide bonds. The first-order valence-corrected chi connectivity index (χ1v) is 9.44. The van der Waals surface area contributed by atoms with Gasteiger partial charge in [-0.15, -0.1) is 0 Å². The Kier molecular flexibility index (Phi) is 7.39. The SMILES string of the molecule is CC(=O)Nc1cc(-c2ccc(OC[C@@H](C)CC(C)(C)OC(N)=O)c(Cl)c2)ncn1. The van der Waals surface area contributed by atoms with E-state index in [4.69, 9.17) is 26.8 Å². The van der Waals surface area contributed by atoms with E-state index in [1.54, 1.807) is 32.0 Å². The van der Waals surface area contributed by atoms with Crippen molar-refractivity contribution < 1.29 is 19.1 Å². The van der Waals surface area contributed by atoms with E-state index >= 15 is 0 Å². The number of ether oxygens (including phenoxy) is 2. The van der Waals surface area contributed by atoms with E-state index in [0.717, 1.165) is 5.56 Å². The van der Waals surface area contributed by atoms with Crippen molar-refractivity contribution in [1.82, 2.24) is 9.97 Å². The van der Waals surface area contributed by atoms with Crippen LogP contribution in [0.25, 0.3) is 11.3 Å². The number of carbonyl (C=O) groups excluding carboxylic acids is 2. The number of carbonyl (C=O) groups is 2. The summed E-state index contributed by atoms with van der Waals surface area (Å²) in [6.07, 6.45) is 1.16. The van der Waals surface area contributed by atoms with Gasteiger partial charge < -0.3 is 20.5 Å². The summed E-state index contributed by atoms with van der Waals surface area (Å²) >= 11 is 6.36. The van der Waals surface area contributed by atoms with Crippen LogP contribution in [0.1, 0.15) is 34.1 Å². The lowest BCUT2D eigenvalue weighted by molar-refractivity contribution is -0.114. The molecular formula is C20H25ClN4O4. The lowest BCUT2D eigenvalue weighted by Crippen LogP contribution is -2.33. The third-order valence-electron chi connectivity index (χ3n) is 3.94. The molecule has 2 rings (SSSR count). The van der Waals surface area contributed by atoms with E-state index in [1.165, 1.54) is 13.3 Å². The van der Waals surface area contributed by atoms with Crippen molar-refractivity contribution in [3.63, 3.8) is 0 Å². The second-order valence-corrected chi connectivity index (χ2v) is 7.82. The molecule has 0 saturated heterocycles. The van der Waals surface area contributed by atoms with Gasteiger partial charge in [-0.2, -0.15) is 0 Å². The van der Waals surface area contributed by atoms with E-state index in [9.17, 15) is 9.59 Å². The fraction of sp³-hybridized carbons (Fsp3) is 0.400. The number of hydrogen-bond acceptors (Lipinski definition) is 6. The van der Waals surface area contributed by atoms with E-state index in [-0.39, 0.29) is 11.8 Å². The van der Waals surface area contributed by atoms with Crippen LogP contribution in [0.15, 0.2) is 30.6 Å². The molecule has 0 spiro atoms. The minimum Gasteiger partial charge on any atom is -0.492 e. The molecule has 1 heterocycles. The fourth-order valence-electron chi connectivity index (χ4n) is 2.99. The molecule has 8 nitrogen and oxygen atoms in total. The number of hydrogen-bond donors (Lipinski definition) is 2. The molecule has 1 aromatic carbocycles. The minimum absolute atomic E-state index is 0.0992. The second-order valence-electron chi connectivity index (χ2n) is 7.42. The molecule has 0 fully saturated rings. The highest BCUT2D eigenvalue weighted by molar-refractivity contribution is 6.32. The normalized spacial score (nSPS) is 12.2. The molecule has 0 aliphatic carbocycles. The van der Waals surface area contributed by atoms with Gasteiger partial charge in [-0.05, 0) is 44.4 Å². The lowest BCUT2D eigenvalue weighted by atomic mass is 9.95. The molecule has 0 aliphatic rings. The maximum absolute atomic E-state index is 11.2. The van der Waals surface area contributed by atoms with E-state index in [1.807, 2.05) is 13.0 Å². The Bertz CT molecular complexity index is 889. The summed E-state index contributed by atoms with van der Waals surface area (Å²) in [7, 11) is 0. The number of nitrogens with zero attached hydrogens (tertiary/aromatic N) is 2. The minimum atomic E-state index is -0.798. The smallest absolute Gasteiger partial charge is 0.405 e. The zero-order valence-corrected chi connectivity index (χ0v) is 17.6. The summed E-state index contributed by atoms with van der Waals surface area (Å²) < 4.78 is 10.9. The molecule has 0 radical (unpaired) electrons. The topological polar surface area (TPSA) is 116 Å². The number of primary amides is 1. The summed E-state index contributed by atoms with van der Waals surface area (Å²) in [5.74, 6) is 0.831. The van der Waals surface area contributed by atoms with Crippen molar-refractivity contribution in [2.75, 3.05) is 11.9 Å². The van der Waals surface area contributed by atoms with E-state index in [0.29, 0.717) is 35.3 Å². The first-order chi connectivity index (χ1) is 13.6. The number of halogens is 1. The van der Waals surface area contributed by atoms with Gasteiger partial charge in [-0.3, -0.25) is 4.79 Å². The molecule has 29 heavy (non-hydrogen) atoms. The van der Waals surface area contributed by atoms with Crippen LogP contribution in [0.3, 0.4) is 0 Å². The Morgan fingerprint density at radius 2 is 2.00 bits per heavy atom. The Morgan fingerprint density at radius 1 is 1.28 bits per heavy atom. The van der Waals surface area contributed by atoms with Crippen molar-refractivity contribution in [3.8, 4) is 17.0 Å². The Labute approximate surface area is 174 Å². The van der Waals surface area contributed by atoms with Gasteiger partial charge in [-0.1, -0.05) is 18.5 Å². The van der Waals surface area contributed by atoms with Crippen LogP contribution in [0.5, 0.6) is 5.75 Å². The number of nitrogens with two attached hydrogens (primary N) is 1. The lowest BCUT2D eigenvalue weighted by Gasteiger charge is -2.27. The van der Waals surface area contributed by atoms with Crippen LogP contribution in [0.4, 0.5) is 10.6 Å². The van der Waals surface area contributed by atoms with Crippen molar-refractivity contribution in [1.29, 1.82) is 0 Å². The average Bonchev–Trinajstić information content (AvgIpc) is 2.58. The van der Waals surface area contributed by atoms with Gasteiger partial charge in [-0.25, -0.2) is 14.8 Å². The zero-order chi connectivity index (χ0) is 21.6. The number of benzene rings is 1. The van der Waals surface area contributed by atoms with Gasteiger partial charge in [0.1, 0.15) is 23.5 Å². The van der Waals surface area contributed by atoms with Crippen LogP contribution < -0.4 is 15.8 Å². The third kappa shape index (κ3) is 7.23. The Hall–Kier alpha value is -2.87. The summed E-state index contributed by atoms with van der Waals surface area (Å²) in [4.78, 5) is 30.4. The summed E-state index contributed by atoms with van der Waals surface area (Å²) in [6, 6.07) is 6.99. The summed E-state index contributed by atoms with van der Waals surface area (Å²) in [5, 5.41) is 3.05. The van der Waals surface area contributed by atoms with Crippen molar-refractivity contribution in [3.05, 3.63) is 35.6 Å². The number of rotatable bonds is 8.